The Hall–Kier alpha value is -4.51. The Morgan fingerprint density at radius 2 is 2.00 bits per heavy atom. The van der Waals surface area contributed by atoms with E-state index in [4.69, 9.17) is 15.9 Å². The third kappa shape index (κ3) is 6.06. The normalized spacial score (nSPS) is 11.9. The number of hydrogen-bond donors (Lipinski definition) is 4. The molecule has 4 aromatic rings. The highest BCUT2D eigenvalue weighted by atomic mass is 19.1. The van der Waals surface area contributed by atoms with Crippen LogP contribution in [0.1, 0.15) is 35.5 Å². The molecule has 10 nitrogen and oxygen atoms in total. The van der Waals surface area contributed by atoms with Gasteiger partial charge in [-0.05, 0) is 68.5 Å². The number of aryl methyl sites for hydroxylation is 1. The SMILES string of the molecule is CCc1cc(OCCN(C)C)c(F)c(C(Nc2ccc(C(=N)N)cc2)c2nn(-c3ccccn3)c(=O)[nH]2)c1. The van der Waals surface area contributed by atoms with Crippen LogP contribution in [-0.2, 0) is 6.42 Å². The lowest BCUT2D eigenvalue weighted by atomic mass is 10.00. The van der Waals surface area contributed by atoms with Gasteiger partial charge in [0.25, 0.3) is 0 Å². The zero-order valence-corrected chi connectivity index (χ0v) is 21.5. The number of benzene rings is 2. The molecule has 38 heavy (non-hydrogen) atoms. The van der Waals surface area contributed by atoms with Crippen molar-refractivity contribution in [1.82, 2.24) is 24.6 Å². The second kappa shape index (κ2) is 11.7. The van der Waals surface area contributed by atoms with Gasteiger partial charge in [0.15, 0.2) is 23.2 Å². The maximum atomic E-state index is 16.0. The number of rotatable bonds is 11. The van der Waals surface area contributed by atoms with Crippen molar-refractivity contribution >= 4 is 11.5 Å². The summed E-state index contributed by atoms with van der Waals surface area (Å²) in [5.74, 6) is 0.0500. The van der Waals surface area contributed by atoms with E-state index in [0.29, 0.717) is 36.6 Å². The predicted molar refractivity (Wildman–Crippen MR) is 145 cm³/mol. The van der Waals surface area contributed by atoms with Crippen LogP contribution in [0.3, 0.4) is 0 Å². The molecule has 198 valence electrons. The van der Waals surface area contributed by atoms with Gasteiger partial charge >= 0.3 is 5.69 Å². The van der Waals surface area contributed by atoms with Crippen molar-refractivity contribution in [2.75, 3.05) is 32.6 Å². The Morgan fingerprint density at radius 3 is 2.63 bits per heavy atom. The molecule has 0 saturated carbocycles. The Balaban J connectivity index is 1.80. The molecule has 0 radical (unpaired) electrons. The molecule has 0 aliphatic heterocycles. The molecule has 5 N–H and O–H groups in total. The van der Waals surface area contributed by atoms with E-state index in [1.54, 1.807) is 60.8 Å². The van der Waals surface area contributed by atoms with Gasteiger partial charge in [0, 0.05) is 29.6 Å². The van der Waals surface area contributed by atoms with Crippen LogP contribution in [0.2, 0.25) is 0 Å². The molecule has 0 fully saturated rings. The first-order valence-corrected chi connectivity index (χ1v) is 12.2. The second-order valence-electron chi connectivity index (χ2n) is 8.99. The van der Waals surface area contributed by atoms with Gasteiger partial charge < -0.3 is 20.7 Å². The fourth-order valence-corrected chi connectivity index (χ4v) is 3.85. The molecule has 0 spiro atoms. The second-order valence-corrected chi connectivity index (χ2v) is 8.99. The molecule has 0 aliphatic carbocycles. The molecule has 4 rings (SSSR count). The van der Waals surface area contributed by atoms with Gasteiger partial charge in [0.1, 0.15) is 18.5 Å². The fraction of sp³-hybridized carbons (Fsp3) is 0.259. The zero-order valence-electron chi connectivity index (χ0n) is 21.5. The number of ether oxygens (including phenoxy) is 1. The smallest absolute Gasteiger partial charge is 0.349 e. The van der Waals surface area contributed by atoms with Crippen LogP contribution in [0.5, 0.6) is 5.75 Å². The highest BCUT2D eigenvalue weighted by Crippen LogP contribution is 2.32. The maximum Gasteiger partial charge on any atom is 0.349 e. The largest absolute Gasteiger partial charge is 0.489 e. The Kier molecular flexibility index (Phi) is 8.17. The minimum Gasteiger partial charge on any atom is -0.489 e. The molecule has 2 aromatic heterocycles. The topological polar surface area (TPSA) is 138 Å². The van der Waals surface area contributed by atoms with Gasteiger partial charge in [-0.25, -0.2) is 14.2 Å². The third-order valence-corrected chi connectivity index (χ3v) is 5.92. The number of nitrogens with zero attached hydrogens (tertiary/aromatic N) is 4. The summed E-state index contributed by atoms with van der Waals surface area (Å²) in [6.45, 7) is 2.91. The van der Waals surface area contributed by atoms with Crippen LogP contribution in [0.4, 0.5) is 10.1 Å². The number of aromatic amines is 1. The number of hydrogen-bond acceptors (Lipinski definition) is 7. The highest BCUT2D eigenvalue weighted by Gasteiger charge is 2.26. The molecule has 2 aromatic carbocycles. The average molecular weight is 519 g/mol. The van der Waals surface area contributed by atoms with Crippen LogP contribution < -0.4 is 21.5 Å². The first-order chi connectivity index (χ1) is 18.3. The average Bonchev–Trinajstić information content (AvgIpc) is 3.30. The van der Waals surface area contributed by atoms with Crippen molar-refractivity contribution in [2.45, 2.75) is 19.4 Å². The summed E-state index contributed by atoms with van der Waals surface area (Å²) >= 11 is 0. The molecular formula is C27H31FN8O2. The molecular weight excluding hydrogens is 487 g/mol. The monoisotopic (exact) mass is 518 g/mol. The Labute approximate surface area is 219 Å². The van der Waals surface area contributed by atoms with Crippen LogP contribution in [0, 0.1) is 11.2 Å². The Morgan fingerprint density at radius 1 is 1.24 bits per heavy atom. The molecule has 2 heterocycles. The summed E-state index contributed by atoms with van der Waals surface area (Å²) in [6.07, 6.45) is 2.21. The van der Waals surface area contributed by atoms with Crippen molar-refractivity contribution < 1.29 is 9.13 Å². The lowest BCUT2D eigenvalue weighted by Gasteiger charge is -2.21. The molecule has 0 saturated heterocycles. The van der Waals surface area contributed by atoms with Crippen LogP contribution >= 0.6 is 0 Å². The number of nitrogen functional groups attached to an aromatic ring is 1. The van der Waals surface area contributed by atoms with E-state index in [1.807, 2.05) is 25.9 Å². The summed E-state index contributed by atoms with van der Waals surface area (Å²) in [6, 6.07) is 14.5. The summed E-state index contributed by atoms with van der Waals surface area (Å²) < 4.78 is 22.9. The maximum absolute atomic E-state index is 16.0. The number of halogens is 1. The van der Waals surface area contributed by atoms with E-state index in [9.17, 15) is 4.79 Å². The van der Waals surface area contributed by atoms with E-state index >= 15 is 4.39 Å². The van der Waals surface area contributed by atoms with E-state index in [0.717, 1.165) is 10.2 Å². The van der Waals surface area contributed by atoms with Crippen molar-refractivity contribution in [3.8, 4) is 11.6 Å². The first kappa shape index (κ1) is 26.6. The number of nitrogens with two attached hydrogens (primary N) is 1. The van der Waals surface area contributed by atoms with Crippen molar-refractivity contribution in [2.24, 2.45) is 5.73 Å². The summed E-state index contributed by atoms with van der Waals surface area (Å²) in [5, 5.41) is 15.4. The number of pyridine rings is 1. The van der Waals surface area contributed by atoms with Gasteiger partial charge in [-0.3, -0.25) is 10.4 Å². The van der Waals surface area contributed by atoms with Crippen LogP contribution in [0.25, 0.3) is 5.82 Å². The third-order valence-electron chi connectivity index (χ3n) is 5.92. The molecule has 1 unspecified atom stereocenters. The summed E-state index contributed by atoms with van der Waals surface area (Å²) in [4.78, 5) is 21.8. The van der Waals surface area contributed by atoms with Gasteiger partial charge in [0.2, 0.25) is 0 Å². The zero-order chi connectivity index (χ0) is 27.2. The minimum absolute atomic E-state index is 0.0623. The fourth-order valence-electron chi connectivity index (χ4n) is 3.85. The highest BCUT2D eigenvalue weighted by molar-refractivity contribution is 5.95. The Bertz CT molecular complexity index is 1450. The van der Waals surface area contributed by atoms with Crippen molar-refractivity contribution in [3.63, 3.8) is 0 Å². The van der Waals surface area contributed by atoms with Crippen molar-refractivity contribution in [3.05, 3.63) is 99.6 Å². The van der Waals surface area contributed by atoms with Gasteiger partial charge in [-0.15, -0.1) is 5.10 Å². The number of likely N-dealkylation sites (N-methyl/N-ethyl adjacent to an activating group) is 1. The standard InChI is InChI=1S/C27H31FN8O2/c1-4-17-15-20(23(28)21(16-17)38-14-13-35(2)3)24(32-19-10-8-18(9-11-19)25(29)30)26-33-27(37)36(34-26)22-7-5-6-12-31-22/h5-12,15-16,24,32H,4,13-14H2,1-3H3,(H3,29,30)(H,33,34,37). The van der Waals surface area contributed by atoms with E-state index in [2.05, 4.69) is 20.4 Å². The van der Waals surface area contributed by atoms with Gasteiger partial charge in [-0.1, -0.05) is 19.1 Å². The van der Waals surface area contributed by atoms with E-state index < -0.39 is 17.5 Å². The lowest BCUT2D eigenvalue weighted by Crippen LogP contribution is -2.21. The van der Waals surface area contributed by atoms with Gasteiger partial charge in [-0.2, -0.15) is 4.68 Å². The van der Waals surface area contributed by atoms with E-state index in [-0.39, 0.29) is 23.0 Å². The molecule has 0 bridgehead atoms. The number of anilines is 1. The van der Waals surface area contributed by atoms with Crippen LogP contribution in [-0.4, -0.2) is 57.7 Å². The molecule has 11 heteroatoms. The van der Waals surface area contributed by atoms with Crippen molar-refractivity contribution in [1.29, 1.82) is 5.41 Å². The predicted octanol–water partition coefficient (Wildman–Crippen LogP) is 3.08. The number of amidine groups is 1. The minimum atomic E-state index is -0.876. The molecule has 0 aliphatic rings. The number of H-pyrrole nitrogens is 1. The van der Waals surface area contributed by atoms with E-state index in [1.165, 1.54) is 0 Å². The summed E-state index contributed by atoms with van der Waals surface area (Å²) in [7, 11) is 3.83. The first-order valence-electron chi connectivity index (χ1n) is 12.2. The van der Waals surface area contributed by atoms with Crippen LogP contribution in [0.15, 0.2) is 65.6 Å². The number of aromatic nitrogens is 4. The molecule has 0 amide bonds. The van der Waals surface area contributed by atoms with Gasteiger partial charge in [0.05, 0.1) is 0 Å². The quantitative estimate of drug-likeness (QED) is 0.177. The number of nitrogens with one attached hydrogen (secondary N) is 3. The summed E-state index contributed by atoms with van der Waals surface area (Å²) in [5.41, 5.74) is 7.38. The lowest BCUT2D eigenvalue weighted by molar-refractivity contribution is 0.251. The molecule has 1 atom stereocenters.